The highest BCUT2D eigenvalue weighted by Gasteiger charge is 2.27. The van der Waals surface area contributed by atoms with Crippen LogP contribution in [0.2, 0.25) is 0 Å². The van der Waals surface area contributed by atoms with Gasteiger partial charge < -0.3 is 15.8 Å². The quantitative estimate of drug-likeness (QED) is 0.445. The first-order chi connectivity index (χ1) is 7.89. The summed E-state index contributed by atoms with van der Waals surface area (Å²) in [5.41, 5.74) is 2.89. The summed E-state index contributed by atoms with van der Waals surface area (Å²) in [5.74, 6) is 3.08. The van der Waals surface area contributed by atoms with Crippen molar-refractivity contribution in [2.75, 3.05) is 23.9 Å². The molecule has 0 aliphatic heterocycles. The van der Waals surface area contributed by atoms with Crippen LogP contribution in [0.3, 0.4) is 0 Å². The monoisotopic (exact) mass is 247 g/mol. The van der Waals surface area contributed by atoms with E-state index in [-0.39, 0.29) is 5.82 Å². The van der Waals surface area contributed by atoms with Crippen molar-refractivity contribution < 1.29 is 13.9 Å². The van der Waals surface area contributed by atoms with Gasteiger partial charge in [-0.15, -0.1) is 0 Å². The summed E-state index contributed by atoms with van der Waals surface area (Å²) in [6.07, 6.45) is 0. The Hall–Kier alpha value is -1.54. The van der Waals surface area contributed by atoms with E-state index in [2.05, 4.69) is 20.7 Å². The number of aromatic nitrogens is 2. The number of nitrogen functional groups attached to an aromatic ring is 1. The maximum absolute atomic E-state index is 12.9. The van der Waals surface area contributed by atoms with Crippen molar-refractivity contribution >= 4 is 11.6 Å². The molecule has 0 atom stereocenters. The fourth-order valence-electron chi connectivity index (χ4n) is 1.21. The molecule has 1 aromatic rings. The number of alkyl halides is 2. The third-order valence-corrected chi connectivity index (χ3v) is 2.14. The summed E-state index contributed by atoms with van der Waals surface area (Å²) in [5, 5.41) is 10.9. The van der Waals surface area contributed by atoms with Crippen LogP contribution in [0.5, 0.6) is 0 Å². The number of aryl methyl sites for hydroxylation is 1. The summed E-state index contributed by atoms with van der Waals surface area (Å²) in [6.45, 7) is 1.35. The van der Waals surface area contributed by atoms with Gasteiger partial charge in [-0.05, 0) is 13.8 Å². The van der Waals surface area contributed by atoms with Gasteiger partial charge in [0.15, 0.2) is 0 Å². The van der Waals surface area contributed by atoms with Gasteiger partial charge in [-0.3, -0.25) is 0 Å². The standard InChI is InChI=1S/C9H15F2N5O/c1-5-7(13-3-9(10,11)4-17)14-6(2)15-8(5)16-12/h17H,3-4,12H2,1-2H3,(H2,13,14,15,16). The third-order valence-electron chi connectivity index (χ3n) is 2.14. The molecule has 0 unspecified atom stereocenters. The number of hydrogen-bond acceptors (Lipinski definition) is 6. The second kappa shape index (κ2) is 5.19. The molecule has 17 heavy (non-hydrogen) atoms. The average Bonchev–Trinajstić information content (AvgIpc) is 2.30. The fraction of sp³-hybridized carbons (Fsp3) is 0.556. The molecule has 0 aliphatic carbocycles. The van der Waals surface area contributed by atoms with Crippen molar-refractivity contribution in [1.82, 2.24) is 9.97 Å². The molecule has 0 aliphatic rings. The van der Waals surface area contributed by atoms with Crippen LogP contribution in [0.25, 0.3) is 0 Å². The Kier molecular flexibility index (Phi) is 4.13. The van der Waals surface area contributed by atoms with Gasteiger partial charge in [0.1, 0.15) is 24.1 Å². The second-order valence-corrected chi connectivity index (χ2v) is 3.60. The van der Waals surface area contributed by atoms with E-state index in [1.165, 1.54) is 0 Å². The van der Waals surface area contributed by atoms with Crippen LogP contribution in [-0.4, -0.2) is 34.1 Å². The number of nitrogens with zero attached hydrogens (tertiary/aromatic N) is 2. The van der Waals surface area contributed by atoms with Crippen LogP contribution in [-0.2, 0) is 0 Å². The van der Waals surface area contributed by atoms with E-state index in [0.717, 1.165) is 0 Å². The van der Waals surface area contributed by atoms with E-state index in [9.17, 15) is 8.78 Å². The molecule has 1 aromatic heterocycles. The van der Waals surface area contributed by atoms with E-state index < -0.39 is 19.1 Å². The van der Waals surface area contributed by atoms with Crippen molar-refractivity contribution in [3.05, 3.63) is 11.4 Å². The van der Waals surface area contributed by atoms with Gasteiger partial charge in [-0.1, -0.05) is 0 Å². The van der Waals surface area contributed by atoms with Gasteiger partial charge in [0.05, 0.1) is 6.54 Å². The molecular formula is C9H15F2N5O. The van der Waals surface area contributed by atoms with Crippen LogP contribution in [0.1, 0.15) is 11.4 Å². The zero-order valence-electron chi connectivity index (χ0n) is 9.59. The van der Waals surface area contributed by atoms with E-state index in [4.69, 9.17) is 10.9 Å². The number of nitrogens with one attached hydrogen (secondary N) is 2. The van der Waals surface area contributed by atoms with Gasteiger partial charge in [0.25, 0.3) is 5.92 Å². The first-order valence-electron chi connectivity index (χ1n) is 4.94. The number of nitrogens with two attached hydrogens (primary N) is 1. The normalized spacial score (nSPS) is 11.4. The molecule has 6 nitrogen and oxygen atoms in total. The Bertz CT molecular complexity index is 399. The predicted molar refractivity (Wildman–Crippen MR) is 59.8 cm³/mol. The minimum Gasteiger partial charge on any atom is -0.390 e. The lowest BCUT2D eigenvalue weighted by Crippen LogP contribution is -2.31. The van der Waals surface area contributed by atoms with E-state index in [1.54, 1.807) is 13.8 Å². The summed E-state index contributed by atoms with van der Waals surface area (Å²) in [6, 6.07) is 0. The minimum atomic E-state index is -3.19. The van der Waals surface area contributed by atoms with Crippen LogP contribution in [0.15, 0.2) is 0 Å². The smallest absolute Gasteiger partial charge is 0.287 e. The number of hydrazine groups is 1. The highest BCUT2D eigenvalue weighted by molar-refractivity contribution is 5.56. The first-order valence-corrected chi connectivity index (χ1v) is 4.94. The lowest BCUT2D eigenvalue weighted by atomic mass is 10.3. The van der Waals surface area contributed by atoms with Gasteiger partial charge in [-0.25, -0.2) is 24.6 Å². The molecule has 0 bridgehead atoms. The Balaban J connectivity index is 2.88. The Morgan fingerprint density at radius 3 is 2.41 bits per heavy atom. The Morgan fingerprint density at radius 1 is 1.29 bits per heavy atom. The molecule has 5 N–H and O–H groups in total. The summed E-state index contributed by atoms with van der Waals surface area (Å²) in [4.78, 5) is 7.98. The predicted octanol–water partition coefficient (Wildman–Crippen LogP) is 0.419. The zero-order chi connectivity index (χ0) is 13.1. The van der Waals surface area contributed by atoms with Crippen molar-refractivity contribution in [2.45, 2.75) is 19.8 Å². The third kappa shape index (κ3) is 3.46. The molecule has 0 amide bonds. The van der Waals surface area contributed by atoms with Gasteiger partial charge in [0, 0.05) is 5.56 Å². The Labute approximate surface area is 97.2 Å². The maximum Gasteiger partial charge on any atom is 0.287 e. The lowest BCUT2D eigenvalue weighted by Gasteiger charge is -2.16. The molecule has 1 rings (SSSR count). The summed E-state index contributed by atoms with van der Waals surface area (Å²) in [7, 11) is 0. The average molecular weight is 247 g/mol. The van der Waals surface area contributed by atoms with Crippen LogP contribution in [0, 0.1) is 13.8 Å². The number of hydrogen-bond donors (Lipinski definition) is 4. The number of anilines is 2. The highest BCUT2D eigenvalue weighted by Crippen LogP contribution is 2.20. The fourth-order valence-corrected chi connectivity index (χ4v) is 1.21. The molecular weight excluding hydrogens is 232 g/mol. The molecule has 0 saturated carbocycles. The van der Waals surface area contributed by atoms with Crippen molar-refractivity contribution in [3.8, 4) is 0 Å². The minimum absolute atomic E-state index is 0.263. The van der Waals surface area contributed by atoms with E-state index in [1.807, 2.05) is 0 Å². The van der Waals surface area contributed by atoms with E-state index >= 15 is 0 Å². The van der Waals surface area contributed by atoms with Gasteiger partial charge in [0.2, 0.25) is 0 Å². The van der Waals surface area contributed by atoms with Crippen molar-refractivity contribution in [3.63, 3.8) is 0 Å². The first kappa shape index (κ1) is 13.5. The zero-order valence-corrected chi connectivity index (χ0v) is 9.59. The highest BCUT2D eigenvalue weighted by atomic mass is 19.3. The number of halogens is 2. The summed E-state index contributed by atoms with van der Waals surface area (Å²) < 4.78 is 25.7. The molecule has 0 fully saturated rings. The Morgan fingerprint density at radius 2 is 1.88 bits per heavy atom. The van der Waals surface area contributed by atoms with Gasteiger partial charge >= 0.3 is 0 Å². The van der Waals surface area contributed by atoms with Crippen LogP contribution < -0.4 is 16.6 Å². The molecule has 0 spiro atoms. The number of rotatable bonds is 5. The lowest BCUT2D eigenvalue weighted by molar-refractivity contribution is -0.0373. The maximum atomic E-state index is 12.9. The molecule has 1 heterocycles. The summed E-state index contributed by atoms with van der Waals surface area (Å²) >= 11 is 0. The van der Waals surface area contributed by atoms with E-state index in [0.29, 0.717) is 17.2 Å². The molecule has 96 valence electrons. The largest absolute Gasteiger partial charge is 0.390 e. The second-order valence-electron chi connectivity index (χ2n) is 3.60. The van der Waals surface area contributed by atoms with Crippen LogP contribution in [0.4, 0.5) is 20.4 Å². The van der Waals surface area contributed by atoms with Gasteiger partial charge in [-0.2, -0.15) is 0 Å². The molecule has 0 radical (unpaired) electrons. The van der Waals surface area contributed by atoms with Crippen LogP contribution >= 0.6 is 0 Å². The van der Waals surface area contributed by atoms with Crippen molar-refractivity contribution in [2.24, 2.45) is 5.84 Å². The topological polar surface area (TPSA) is 96.1 Å². The molecule has 8 heteroatoms. The number of aliphatic hydroxyl groups is 1. The van der Waals surface area contributed by atoms with Crippen molar-refractivity contribution in [1.29, 1.82) is 0 Å². The number of aliphatic hydroxyl groups excluding tert-OH is 1. The SMILES string of the molecule is Cc1nc(NN)c(C)c(NCC(F)(F)CO)n1. The molecule has 0 aromatic carbocycles. The molecule has 0 saturated heterocycles.